The van der Waals surface area contributed by atoms with E-state index in [2.05, 4.69) is 4.72 Å². The second kappa shape index (κ2) is 6.92. The molecule has 2 N–H and O–H groups in total. The van der Waals surface area contributed by atoms with Crippen LogP contribution < -0.4 is 4.72 Å². The van der Waals surface area contributed by atoms with Gasteiger partial charge in [0, 0.05) is 17.8 Å². The average Bonchev–Trinajstić information content (AvgIpc) is 2.54. The maximum absolute atomic E-state index is 12.3. The van der Waals surface area contributed by atoms with Gasteiger partial charge in [-0.2, -0.15) is 0 Å². The molecular formula is C15H12N2O6S. The molecule has 8 nitrogen and oxygen atoms in total. The van der Waals surface area contributed by atoms with Crippen LogP contribution in [0.25, 0.3) is 6.08 Å². The lowest BCUT2D eigenvalue weighted by molar-refractivity contribution is -0.387. The van der Waals surface area contributed by atoms with Crippen LogP contribution in [0.4, 0.5) is 11.4 Å². The molecule has 24 heavy (non-hydrogen) atoms. The molecule has 0 saturated carbocycles. The van der Waals surface area contributed by atoms with Gasteiger partial charge in [-0.05, 0) is 29.8 Å². The number of para-hydroxylation sites is 1. The van der Waals surface area contributed by atoms with Gasteiger partial charge in [0.15, 0.2) is 4.90 Å². The van der Waals surface area contributed by atoms with Crippen LogP contribution in [0.5, 0.6) is 0 Å². The molecule has 0 saturated heterocycles. The van der Waals surface area contributed by atoms with Gasteiger partial charge in [0.05, 0.1) is 4.92 Å². The molecule has 0 aromatic heterocycles. The highest BCUT2D eigenvalue weighted by atomic mass is 32.2. The molecule has 0 aliphatic heterocycles. The molecule has 0 unspecified atom stereocenters. The van der Waals surface area contributed by atoms with E-state index in [0.29, 0.717) is 5.56 Å². The Bertz CT molecular complexity index is 904. The maximum Gasteiger partial charge on any atom is 0.328 e. The molecule has 0 radical (unpaired) electrons. The molecule has 2 aromatic rings. The lowest BCUT2D eigenvalue weighted by Gasteiger charge is -2.08. The van der Waals surface area contributed by atoms with Crippen LogP contribution in [-0.4, -0.2) is 24.4 Å². The molecule has 0 heterocycles. The van der Waals surface area contributed by atoms with Crippen LogP contribution in [0, 0.1) is 10.1 Å². The third kappa shape index (κ3) is 4.17. The Kier molecular flexibility index (Phi) is 4.95. The van der Waals surface area contributed by atoms with Crippen LogP contribution in [0.1, 0.15) is 5.56 Å². The first-order valence-corrected chi connectivity index (χ1v) is 8.05. The molecule has 124 valence electrons. The van der Waals surface area contributed by atoms with Gasteiger partial charge < -0.3 is 5.11 Å². The molecule has 0 amide bonds. The predicted molar refractivity (Wildman–Crippen MR) is 87.0 cm³/mol. The number of nitrogens with one attached hydrogen (secondary N) is 1. The molecule has 0 fully saturated rings. The average molecular weight is 348 g/mol. The number of rotatable bonds is 6. The number of hydrogen-bond donors (Lipinski definition) is 2. The number of sulfonamides is 1. The number of hydrogen-bond acceptors (Lipinski definition) is 5. The van der Waals surface area contributed by atoms with Crippen LogP contribution >= 0.6 is 0 Å². The first-order chi connectivity index (χ1) is 11.3. The van der Waals surface area contributed by atoms with Gasteiger partial charge in [0.25, 0.3) is 15.7 Å². The minimum atomic E-state index is -4.13. The standard InChI is InChI=1S/C15H12N2O6S/c18-15(19)10-7-11-5-8-12(9-6-11)16-24(22,23)14-4-2-1-3-13(14)17(20)21/h1-10,16H,(H,18,19). The molecule has 0 bridgehead atoms. The summed E-state index contributed by atoms with van der Waals surface area (Å²) in [6, 6.07) is 10.9. The Morgan fingerprint density at radius 1 is 1.12 bits per heavy atom. The van der Waals surface area contributed by atoms with Crippen molar-refractivity contribution >= 4 is 33.4 Å². The fourth-order valence-corrected chi connectivity index (χ4v) is 3.11. The van der Waals surface area contributed by atoms with Crippen molar-refractivity contribution in [3.05, 3.63) is 70.3 Å². The van der Waals surface area contributed by atoms with E-state index in [1.165, 1.54) is 42.5 Å². The minimum absolute atomic E-state index is 0.195. The summed E-state index contributed by atoms with van der Waals surface area (Å²) in [6.07, 6.45) is 2.30. The lowest BCUT2D eigenvalue weighted by Crippen LogP contribution is -2.14. The van der Waals surface area contributed by atoms with Gasteiger partial charge in [-0.15, -0.1) is 0 Å². The monoisotopic (exact) mass is 348 g/mol. The highest BCUT2D eigenvalue weighted by molar-refractivity contribution is 7.92. The van der Waals surface area contributed by atoms with Gasteiger partial charge in [-0.25, -0.2) is 13.2 Å². The van der Waals surface area contributed by atoms with Crippen LogP contribution in [-0.2, 0) is 14.8 Å². The zero-order valence-corrected chi connectivity index (χ0v) is 12.9. The summed E-state index contributed by atoms with van der Waals surface area (Å²) in [4.78, 5) is 20.2. The smallest absolute Gasteiger partial charge is 0.328 e. The number of carboxylic acid groups (broad SMARTS) is 1. The van der Waals surface area contributed by atoms with E-state index in [1.807, 2.05) is 0 Å². The number of nitro benzene ring substituents is 1. The van der Waals surface area contributed by atoms with E-state index in [-0.39, 0.29) is 5.69 Å². The van der Waals surface area contributed by atoms with E-state index in [1.54, 1.807) is 0 Å². The van der Waals surface area contributed by atoms with Gasteiger partial charge in [-0.3, -0.25) is 14.8 Å². The van der Waals surface area contributed by atoms with Crippen molar-refractivity contribution in [2.45, 2.75) is 4.90 Å². The molecular weight excluding hydrogens is 336 g/mol. The van der Waals surface area contributed by atoms with Crippen molar-refractivity contribution in [1.82, 2.24) is 0 Å². The SMILES string of the molecule is O=C(O)C=Cc1ccc(NS(=O)(=O)c2ccccc2[N+](=O)[O-])cc1. The number of nitro groups is 1. The molecule has 2 rings (SSSR count). The molecule has 0 aliphatic rings. The number of carbonyl (C=O) groups is 1. The fourth-order valence-electron chi connectivity index (χ4n) is 1.88. The number of carboxylic acids is 1. The fraction of sp³-hybridized carbons (Fsp3) is 0. The van der Waals surface area contributed by atoms with Crippen LogP contribution in [0.15, 0.2) is 59.5 Å². The van der Waals surface area contributed by atoms with Crippen molar-refractivity contribution in [3.8, 4) is 0 Å². The van der Waals surface area contributed by atoms with Gasteiger partial charge in [0.2, 0.25) is 0 Å². The Labute approximate surface area is 137 Å². The Morgan fingerprint density at radius 3 is 2.33 bits per heavy atom. The summed E-state index contributed by atoms with van der Waals surface area (Å²) in [5.41, 5.74) is 0.234. The predicted octanol–water partition coefficient (Wildman–Crippen LogP) is 2.49. The molecule has 0 spiro atoms. The molecule has 0 aliphatic carbocycles. The van der Waals surface area contributed by atoms with E-state index in [0.717, 1.165) is 18.2 Å². The summed E-state index contributed by atoms with van der Waals surface area (Å²) in [5.74, 6) is -1.10. The quantitative estimate of drug-likeness (QED) is 0.469. The molecule has 9 heteroatoms. The van der Waals surface area contributed by atoms with Crippen molar-refractivity contribution in [3.63, 3.8) is 0 Å². The Morgan fingerprint density at radius 2 is 1.75 bits per heavy atom. The van der Waals surface area contributed by atoms with Crippen molar-refractivity contribution < 1.29 is 23.2 Å². The first kappa shape index (κ1) is 17.2. The Hall–Kier alpha value is -3.20. The second-order valence-corrected chi connectivity index (χ2v) is 6.27. The highest BCUT2D eigenvalue weighted by Gasteiger charge is 2.24. The largest absolute Gasteiger partial charge is 0.478 e. The van der Waals surface area contributed by atoms with Crippen LogP contribution in [0.3, 0.4) is 0 Å². The van der Waals surface area contributed by atoms with E-state index in [4.69, 9.17) is 5.11 Å². The summed E-state index contributed by atoms with van der Waals surface area (Å²) >= 11 is 0. The lowest BCUT2D eigenvalue weighted by atomic mass is 10.2. The topological polar surface area (TPSA) is 127 Å². The summed E-state index contributed by atoms with van der Waals surface area (Å²) in [7, 11) is -4.13. The Balaban J connectivity index is 2.27. The van der Waals surface area contributed by atoms with E-state index in [9.17, 15) is 23.3 Å². The summed E-state index contributed by atoms with van der Waals surface area (Å²) in [5, 5.41) is 19.5. The number of aliphatic carboxylic acids is 1. The van der Waals surface area contributed by atoms with Crippen molar-refractivity contribution in [2.24, 2.45) is 0 Å². The molecule has 2 aromatic carbocycles. The number of benzene rings is 2. The van der Waals surface area contributed by atoms with Crippen molar-refractivity contribution in [1.29, 1.82) is 0 Å². The number of anilines is 1. The second-order valence-electron chi connectivity index (χ2n) is 4.62. The zero-order chi connectivity index (χ0) is 17.7. The van der Waals surface area contributed by atoms with Gasteiger partial charge >= 0.3 is 5.97 Å². The van der Waals surface area contributed by atoms with Gasteiger partial charge in [-0.1, -0.05) is 24.3 Å². The third-order valence-corrected chi connectivity index (χ3v) is 4.36. The number of nitrogens with zero attached hydrogens (tertiary/aromatic N) is 1. The zero-order valence-electron chi connectivity index (χ0n) is 12.1. The van der Waals surface area contributed by atoms with Crippen molar-refractivity contribution in [2.75, 3.05) is 4.72 Å². The minimum Gasteiger partial charge on any atom is -0.478 e. The maximum atomic E-state index is 12.3. The highest BCUT2D eigenvalue weighted by Crippen LogP contribution is 2.25. The van der Waals surface area contributed by atoms with E-state index >= 15 is 0 Å². The van der Waals surface area contributed by atoms with Crippen LogP contribution in [0.2, 0.25) is 0 Å². The molecule has 0 atom stereocenters. The summed E-state index contributed by atoms with van der Waals surface area (Å²) < 4.78 is 26.9. The van der Waals surface area contributed by atoms with Gasteiger partial charge in [0.1, 0.15) is 0 Å². The third-order valence-electron chi connectivity index (χ3n) is 2.93. The summed E-state index contributed by atoms with van der Waals surface area (Å²) in [6.45, 7) is 0. The van der Waals surface area contributed by atoms with E-state index < -0.39 is 31.5 Å². The first-order valence-electron chi connectivity index (χ1n) is 6.57. The normalized spacial score (nSPS) is 11.3.